The van der Waals surface area contributed by atoms with Crippen LogP contribution in [0.3, 0.4) is 0 Å². The molecule has 21 heavy (non-hydrogen) atoms. The summed E-state index contributed by atoms with van der Waals surface area (Å²) in [6.45, 7) is 5.61. The predicted octanol–water partition coefficient (Wildman–Crippen LogP) is 3.48. The number of para-hydroxylation sites is 1. The molecule has 0 saturated heterocycles. The highest BCUT2D eigenvalue weighted by Crippen LogP contribution is 2.29. The molecule has 0 radical (unpaired) electrons. The highest BCUT2D eigenvalue weighted by atomic mass is 16.3. The number of rotatable bonds is 5. The SMILES string of the molecule is C=C(C)C[C@@](O)(C(=O)Nc1ccccc1)c1ccccc1. The summed E-state index contributed by atoms with van der Waals surface area (Å²) in [7, 11) is 0. The van der Waals surface area contributed by atoms with Crippen molar-refractivity contribution < 1.29 is 9.90 Å². The van der Waals surface area contributed by atoms with Crippen molar-refractivity contribution in [3.8, 4) is 0 Å². The van der Waals surface area contributed by atoms with Crippen LogP contribution in [-0.2, 0) is 10.4 Å². The molecule has 2 rings (SSSR count). The van der Waals surface area contributed by atoms with E-state index in [2.05, 4.69) is 11.9 Å². The molecule has 0 saturated carbocycles. The quantitative estimate of drug-likeness (QED) is 0.824. The fourth-order valence-electron chi connectivity index (χ4n) is 2.22. The van der Waals surface area contributed by atoms with Gasteiger partial charge in [0.25, 0.3) is 5.91 Å². The van der Waals surface area contributed by atoms with Crippen LogP contribution in [-0.4, -0.2) is 11.0 Å². The van der Waals surface area contributed by atoms with Gasteiger partial charge in [0.1, 0.15) is 0 Å². The Hall–Kier alpha value is -2.39. The molecule has 0 bridgehead atoms. The summed E-state index contributed by atoms with van der Waals surface area (Å²) in [6.07, 6.45) is 0.176. The summed E-state index contributed by atoms with van der Waals surface area (Å²) in [5.74, 6) is -0.456. The number of benzene rings is 2. The average Bonchev–Trinajstić information content (AvgIpc) is 2.48. The maximum atomic E-state index is 12.6. The van der Waals surface area contributed by atoms with Crippen LogP contribution in [0, 0.1) is 0 Å². The van der Waals surface area contributed by atoms with Crippen molar-refractivity contribution in [3.63, 3.8) is 0 Å². The van der Waals surface area contributed by atoms with Gasteiger partial charge in [0.15, 0.2) is 5.60 Å². The number of aliphatic hydroxyl groups is 1. The first kappa shape index (κ1) is 15.0. The monoisotopic (exact) mass is 281 g/mol. The highest BCUT2D eigenvalue weighted by molar-refractivity contribution is 5.98. The van der Waals surface area contributed by atoms with Gasteiger partial charge in [0.2, 0.25) is 0 Å². The molecule has 2 N–H and O–H groups in total. The second-order valence-corrected chi connectivity index (χ2v) is 5.18. The Morgan fingerprint density at radius 1 is 1.10 bits per heavy atom. The van der Waals surface area contributed by atoms with Crippen LogP contribution in [0.25, 0.3) is 0 Å². The average molecular weight is 281 g/mol. The summed E-state index contributed by atoms with van der Waals surface area (Å²) in [4.78, 5) is 12.6. The van der Waals surface area contributed by atoms with Crippen LogP contribution in [0.15, 0.2) is 72.8 Å². The second kappa shape index (κ2) is 6.37. The Bertz CT molecular complexity index is 622. The first-order chi connectivity index (χ1) is 10.0. The van der Waals surface area contributed by atoms with Crippen LogP contribution in [0.1, 0.15) is 18.9 Å². The zero-order valence-corrected chi connectivity index (χ0v) is 12.0. The van der Waals surface area contributed by atoms with Gasteiger partial charge >= 0.3 is 0 Å². The summed E-state index contributed by atoms with van der Waals surface area (Å²) < 4.78 is 0. The number of carbonyl (C=O) groups is 1. The molecule has 3 heteroatoms. The standard InChI is InChI=1S/C18H19NO2/c1-14(2)13-18(21,15-9-5-3-6-10-15)17(20)19-16-11-7-4-8-12-16/h3-12,21H,1,13H2,2H3,(H,19,20)/t18-/m0/s1. The predicted molar refractivity (Wildman–Crippen MR) is 84.8 cm³/mol. The molecule has 0 fully saturated rings. The van der Waals surface area contributed by atoms with Gasteiger partial charge in [-0.05, 0) is 24.6 Å². The van der Waals surface area contributed by atoms with E-state index in [1.807, 2.05) is 24.3 Å². The van der Waals surface area contributed by atoms with E-state index in [-0.39, 0.29) is 6.42 Å². The van der Waals surface area contributed by atoms with E-state index in [1.165, 1.54) is 0 Å². The van der Waals surface area contributed by atoms with Gasteiger partial charge in [-0.15, -0.1) is 6.58 Å². The third-order valence-corrected chi connectivity index (χ3v) is 3.22. The summed E-state index contributed by atoms with van der Waals surface area (Å²) in [6, 6.07) is 18.0. The smallest absolute Gasteiger partial charge is 0.261 e. The van der Waals surface area contributed by atoms with E-state index < -0.39 is 11.5 Å². The minimum absolute atomic E-state index is 0.176. The fraction of sp³-hybridized carbons (Fsp3) is 0.167. The fourth-order valence-corrected chi connectivity index (χ4v) is 2.22. The van der Waals surface area contributed by atoms with Gasteiger partial charge < -0.3 is 10.4 Å². The topological polar surface area (TPSA) is 49.3 Å². The van der Waals surface area contributed by atoms with Gasteiger partial charge in [0.05, 0.1) is 0 Å². The van der Waals surface area contributed by atoms with Crippen molar-refractivity contribution in [2.24, 2.45) is 0 Å². The highest BCUT2D eigenvalue weighted by Gasteiger charge is 2.37. The molecule has 1 atom stereocenters. The van der Waals surface area contributed by atoms with Crippen LogP contribution in [0.4, 0.5) is 5.69 Å². The van der Waals surface area contributed by atoms with Crippen molar-refractivity contribution >= 4 is 11.6 Å². The summed E-state index contributed by atoms with van der Waals surface area (Å²) in [5.41, 5.74) is 0.327. The van der Waals surface area contributed by atoms with Gasteiger partial charge in [0, 0.05) is 12.1 Å². The molecule has 0 heterocycles. The van der Waals surface area contributed by atoms with Gasteiger partial charge in [-0.25, -0.2) is 0 Å². The number of hydrogen-bond donors (Lipinski definition) is 2. The molecular weight excluding hydrogens is 262 g/mol. The Morgan fingerprint density at radius 2 is 1.62 bits per heavy atom. The van der Waals surface area contributed by atoms with Gasteiger partial charge in [-0.3, -0.25) is 4.79 Å². The van der Waals surface area contributed by atoms with Gasteiger partial charge in [-0.1, -0.05) is 54.1 Å². The van der Waals surface area contributed by atoms with Crippen LogP contribution < -0.4 is 5.32 Å². The lowest BCUT2D eigenvalue weighted by Gasteiger charge is -2.27. The minimum atomic E-state index is -1.62. The van der Waals surface area contributed by atoms with Crippen molar-refractivity contribution in [2.75, 3.05) is 5.32 Å². The molecule has 3 nitrogen and oxygen atoms in total. The largest absolute Gasteiger partial charge is 0.375 e. The van der Waals surface area contributed by atoms with E-state index in [1.54, 1.807) is 43.3 Å². The molecule has 0 aliphatic carbocycles. The molecule has 108 valence electrons. The summed E-state index contributed by atoms with van der Waals surface area (Å²) in [5, 5.41) is 13.7. The van der Waals surface area contributed by atoms with Gasteiger partial charge in [-0.2, -0.15) is 0 Å². The lowest BCUT2D eigenvalue weighted by molar-refractivity contribution is -0.135. The third kappa shape index (κ3) is 3.58. The van der Waals surface area contributed by atoms with Crippen LogP contribution in [0.2, 0.25) is 0 Å². The molecule has 0 spiro atoms. The lowest BCUT2D eigenvalue weighted by atomic mass is 9.87. The number of nitrogens with one attached hydrogen (secondary N) is 1. The molecular formula is C18H19NO2. The maximum absolute atomic E-state index is 12.6. The zero-order chi connectivity index (χ0) is 15.3. The first-order valence-electron chi connectivity index (χ1n) is 6.81. The normalized spacial score (nSPS) is 13.2. The Balaban J connectivity index is 2.32. The molecule has 0 aromatic heterocycles. The van der Waals surface area contributed by atoms with Crippen LogP contribution in [0.5, 0.6) is 0 Å². The minimum Gasteiger partial charge on any atom is -0.375 e. The number of hydrogen-bond acceptors (Lipinski definition) is 2. The third-order valence-electron chi connectivity index (χ3n) is 3.22. The molecule has 2 aromatic rings. The Labute approximate surface area is 124 Å². The second-order valence-electron chi connectivity index (χ2n) is 5.18. The van der Waals surface area contributed by atoms with Crippen molar-refractivity contribution in [3.05, 3.63) is 78.4 Å². The van der Waals surface area contributed by atoms with E-state index in [0.29, 0.717) is 11.3 Å². The number of amides is 1. The molecule has 0 unspecified atom stereocenters. The van der Waals surface area contributed by atoms with E-state index in [9.17, 15) is 9.90 Å². The number of carbonyl (C=O) groups excluding carboxylic acids is 1. The van der Waals surface area contributed by atoms with Crippen molar-refractivity contribution in [1.82, 2.24) is 0 Å². The number of anilines is 1. The van der Waals surface area contributed by atoms with E-state index >= 15 is 0 Å². The molecule has 2 aromatic carbocycles. The molecule has 1 amide bonds. The lowest BCUT2D eigenvalue weighted by Crippen LogP contribution is -2.40. The molecule has 0 aliphatic heterocycles. The van der Waals surface area contributed by atoms with Crippen LogP contribution >= 0.6 is 0 Å². The summed E-state index contributed by atoms with van der Waals surface area (Å²) >= 11 is 0. The van der Waals surface area contributed by atoms with Crippen molar-refractivity contribution in [1.29, 1.82) is 0 Å². The van der Waals surface area contributed by atoms with Crippen molar-refractivity contribution in [2.45, 2.75) is 18.9 Å². The zero-order valence-electron chi connectivity index (χ0n) is 12.0. The Kier molecular flexibility index (Phi) is 4.55. The first-order valence-corrected chi connectivity index (χ1v) is 6.81. The Morgan fingerprint density at radius 3 is 2.14 bits per heavy atom. The van der Waals surface area contributed by atoms with E-state index in [4.69, 9.17) is 0 Å². The molecule has 0 aliphatic rings. The van der Waals surface area contributed by atoms with E-state index in [0.717, 1.165) is 5.57 Å². The maximum Gasteiger partial charge on any atom is 0.261 e.